The number of halogens is 2. The fourth-order valence-corrected chi connectivity index (χ4v) is 6.72. The second-order valence-corrected chi connectivity index (χ2v) is 10.3. The maximum atomic E-state index is 10.9. The molecule has 0 aromatic heterocycles. The summed E-state index contributed by atoms with van der Waals surface area (Å²) in [5.74, 6) is 2.21. The molecule has 4 fully saturated rings. The van der Waals surface area contributed by atoms with Crippen molar-refractivity contribution in [3.63, 3.8) is 0 Å². The summed E-state index contributed by atoms with van der Waals surface area (Å²) in [6.45, 7) is 1.21. The average Bonchev–Trinajstić information content (AvgIpc) is 2.64. The van der Waals surface area contributed by atoms with Crippen molar-refractivity contribution in [2.75, 3.05) is 0 Å². The van der Waals surface area contributed by atoms with Gasteiger partial charge in [0.15, 0.2) is 0 Å². The fourth-order valence-electron chi connectivity index (χ4n) is 6.26. The molecular formula is C24H27Cl2NO2. The van der Waals surface area contributed by atoms with E-state index >= 15 is 0 Å². The summed E-state index contributed by atoms with van der Waals surface area (Å²) in [5, 5.41) is 16.0. The minimum absolute atomic E-state index is 0.104. The Balaban J connectivity index is 1.23. The van der Waals surface area contributed by atoms with Crippen molar-refractivity contribution in [3.05, 3.63) is 63.6 Å². The van der Waals surface area contributed by atoms with Gasteiger partial charge in [0, 0.05) is 27.7 Å². The van der Waals surface area contributed by atoms with Gasteiger partial charge < -0.3 is 15.2 Å². The molecule has 3 nitrogen and oxygen atoms in total. The Morgan fingerprint density at radius 1 is 1.03 bits per heavy atom. The van der Waals surface area contributed by atoms with Crippen molar-refractivity contribution in [2.24, 2.45) is 11.8 Å². The summed E-state index contributed by atoms with van der Waals surface area (Å²) in [6, 6.07) is 13.7. The molecule has 29 heavy (non-hydrogen) atoms. The van der Waals surface area contributed by atoms with Crippen LogP contribution in [-0.2, 0) is 13.2 Å². The first kappa shape index (κ1) is 19.7. The molecule has 6 rings (SSSR count). The van der Waals surface area contributed by atoms with Crippen molar-refractivity contribution in [2.45, 2.75) is 62.8 Å². The van der Waals surface area contributed by atoms with Crippen LogP contribution in [0, 0.1) is 11.8 Å². The standard InChI is InChI=1S/C24H27Cl2NO2/c25-20-5-4-19(22(26)8-20)14-29-21-3-1-2-16(7-21)13-27-23-9-17-6-18(10-23)12-24(28,11-17)15-23/h1-5,7-8,17-18,27-28H,6,9-15H2. The third kappa shape index (κ3) is 4.16. The first-order chi connectivity index (χ1) is 13.9. The number of ether oxygens (including phenoxy) is 1. The third-order valence-electron chi connectivity index (χ3n) is 7.01. The van der Waals surface area contributed by atoms with E-state index < -0.39 is 5.60 Å². The van der Waals surface area contributed by atoms with Crippen LogP contribution >= 0.6 is 23.2 Å². The molecule has 4 bridgehead atoms. The molecule has 4 saturated carbocycles. The summed E-state index contributed by atoms with van der Waals surface area (Å²) >= 11 is 12.2. The van der Waals surface area contributed by atoms with Crippen LogP contribution in [0.3, 0.4) is 0 Å². The Labute approximate surface area is 182 Å². The van der Waals surface area contributed by atoms with E-state index in [9.17, 15) is 5.11 Å². The SMILES string of the molecule is OC12CC3CC(C1)CC(NCc1cccc(OCc4ccc(Cl)cc4Cl)c1)(C3)C2. The maximum Gasteiger partial charge on any atom is 0.120 e. The van der Waals surface area contributed by atoms with Crippen LogP contribution in [0.15, 0.2) is 42.5 Å². The molecule has 2 atom stereocenters. The number of hydrogen-bond donors (Lipinski definition) is 2. The van der Waals surface area contributed by atoms with E-state index in [1.165, 1.54) is 24.8 Å². The molecule has 0 aliphatic heterocycles. The van der Waals surface area contributed by atoms with Gasteiger partial charge in [0.2, 0.25) is 0 Å². The number of rotatable bonds is 6. The second-order valence-electron chi connectivity index (χ2n) is 9.49. The largest absolute Gasteiger partial charge is 0.489 e. The summed E-state index contributed by atoms with van der Waals surface area (Å²) in [7, 11) is 0. The van der Waals surface area contributed by atoms with Crippen molar-refractivity contribution in [1.29, 1.82) is 0 Å². The van der Waals surface area contributed by atoms with Gasteiger partial charge in [0.1, 0.15) is 12.4 Å². The van der Waals surface area contributed by atoms with Gasteiger partial charge >= 0.3 is 0 Å². The topological polar surface area (TPSA) is 41.5 Å². The summed E-state index contributed by atoms with van der Waals surface area (Å²) in [6.07, 6.45) is 6.63. The van der Waals surface area contributed by atoms with E-state index in [2.05, 4.69) is 17.4 Å². The molecule has 4 aliphatic rings. The van der Waals surface area contributed by atoms with Crippen LogP contribution < -0.4 is 10.1 Å². The van der Waals surface area contributed by atoms with E-state index in [0.717, 1.165) is 37.1 Å². The van der Waals surface area contributed by atoms with Gasteiger partial charge in [-0.25, -0.2) is 0 Å². The van der Waals surface area contributed by atoms with Gasteiger partial charge in [-0.15, -0.1) is 0 Å². The van der Waals surface area contributed by atoms with Gasteiger partial charge in [-0.3, -0.25) is 0 Å². The molecule has 0 heterocycles. The van der Waals surface area contributed by atoms with Crippen LogP contribution in [0.4, 0.5) is 0 Å². The average molecular weight is 432 g/mol. The highest BCUT2D eigenvalue weighted by molar-refractivity contribution is 6.35. The van der Waals surface area contributed by atoms with Gasteiger partial charge in [-0.2, -0.15) is 0 Å². The fraction of sp³-hybridized carbons (Fsp3) is 0.500. The predicted molar refractivity (Wildman–Crippen MR) is 116 cm³/mol. The van der Waals surface area contributed by atoms with E-state index in [1.807, 2.05) is 24.3 Å². The first-order valence-electron chi connectivity index (χ1n) is 10.5. The zero-order valence-corrected chi connectivity index (χ0v) is 18.0. The van der Waals surface area contributed by atoms with Crippen molar-refractivity contribution >= 4 is 23.2 Å². The lowest BCUT2D eigenvalue weighted by Gasteiger charge is -2.60. The minimum Gasteiger partial charge on any atom is -0.489 e. The summed E-state index contributed by atoms with van der Waals surface area (Å²) in [4.78, 5) is 0. The molecule has 154 valence electrons. The maximum absolute atomic E-state index is 10.9. The van der Waals surface area contributed by atoms with E-state index in [4.69, 9.17) is 27.9 Å². The molecule has 2 N–H and O–H groups in total. The third-order valence-corrected chi connectivity index (χ3v) is 7.59. The molecule has 4 aliphatic carbocycles. The smallest absolute Gasteiger partial charge is 0.120 e. The lowest BCUT2D eigenvalue weighted by atomic mass is 9.51. The highest BCUT2D eigenvalue weighted by Gasteiger charge is 2.56. The van der Waals surface area contributed by atoms with Crippen molar-refractivity contribution < 1.29 is 9.84 Å². The molecule has 0 amide bonds. The predicted octanol–water partition coefficient (Wildman–Crippen LogP) is 5.75. The Kier molecular flexibility index (Phi) is 5.06. The lowest BCUT2D eigenvalue weighted by molar-refractivity contribution is -0.142. The second kappa shape index (κ2) is 7.46. The van der Waals surface area contributed by atoms with Crippen LogP contribution in [0.5, 0.6) is 5.75 Å². The summed E-state index contributed by atoms with van der Waals surface area (Å²) < 4.78 is 5.97. The van der Waals surface area contributed by atoms with Gasteiger partial charge in [-0.1, -0.05) is 41.4 Å². The molecule has 2 aromatic rings. The highest BCUT2D eigenvalue weighted by Crippen LogP contribution is 2.57. The molecule has 5 heteroatoms. The normalized spacial score (nSPS) is 32.5. The minimum atomic E-state index is -0.431. The van der Waals surface area contributed by atoms with Crippen LogP contribution in [-0.4, -0.2) is 16.2 Å². The number of nitrogens with one attached hydrogen (secondary N) is 1. The first-order valence-corrected chi connectivity index (χ1v) is 11.3. The number of benzene rings is 2. The molecule has 0 radical (unpaired) electrons. The monoisotopic (exact) mass is 431 g/mol. The Hall–Kier alpha value is -1.26. The summed E-state index contributed by atoms with van der Waals surface area (Å²) in [5.41, 5.74) is 1.79. The van der Waals surface area contributed by atoms with Gasteiger partial charge in [0.05, 0.1) is 5.60 Å². The zero-order chi connectivity index (χ0) is 20.1. The molecule has 2 unspecified atom stereocenters. The quantitative estimate of drug-likeness (QED) is 0.611. The molecule has 2 aromatic carbocycles. The zero-order valence-electron chi connectivity index (χ0n) is 16.5. The van der Waals surface area contributed by atoms with E-state index in [-0.39, 0.29) is 5.54 Å². The Morgan fingerprint density at radius 2 is 1.83 bits per heavy atom. The lowest BCUT2D eigenvalue weighted by Crippen LogP contribution is -2.64. The van der Waals surface area contributed by atoms with E-state index in [0.29, 0.717) is 28.5 Å². The number of hydrogen-bond acceptors (Lipinski definition) is 3. The number of aliphatic hydroxyl groups is 1. The highest BCUT2D eigenvalue weighted by atomic mass is 35.5. The molecule has 0 saturated heterocycles. The van der Waals surface area contributed by atoms with Crippen LogP contribution in [0.25, 0.3) is 0 Å². The Morgan fingerprint density at radius 3 is 2.55 bits per heavy atom. The molecule has 0 spiro atoms. The molecular weight excluding hydrogens is 405 g/mol. The van der Waals surface area contributed by atoms with E-state index in [1.54, 1.807) is 6.07 Å². The van der Waals surface area contributed by atoms with Crippen LogP contribution in [0.2, 0.25) is 10.0 Å². The van der Waals surface area contributed by atoms with Gasteiger partial charge in [0.25, 0.3) is 0 Å². The van der Waals surface area contributed by atoms with Crippen LogP contribution in [0.1, 0.15) is 49.7 Å². The van der Waals surface area contributed by atoms with Crippen molar-refractivity contribution in [1.82, 2.24) is 5.32 Å². The Bertz CT molecular complexity index is 902. The van der Waals surface area contributed by atoms with Crippen molar-refractivity contribution in [3.8, 4) is 5.75 Å². The van der Waals surface area contributed by atoms with Gasteiger partial charge in [-0.05, 0) is 80.2 Å².